The summed E-state index contributed by atoms with van der Waals surface area (Å²) >= 11 is 0. The highest BCUT2D eigenvalue weighted by molar-refractivity contribution is 6.26. The molecule has 1 aromatic carbocycles. The number of rotatable bonds is 4. The van der Waals surface area contributed by atoms with E-state index in [2.05, 4.69) is 0 Å². The standard InChI is InChI=1S/C29H38N4O8/c1-31(2)17-12-15(28(40)33-8-6-5-7-9-33)22(34)19-14(17)10-13-11-16-21(32(3)4)24(36)20(27(30)39)26(38)29(16,41)25(37)18(13)23(19)35/h12-13,16,18,20-21,24,34,36,41H,5-11H2,1-4H3,(H2,30,39)/t13-,16-,18?,20?,21-,24?,29-/m1/s1. The largest absolute Gasteiger partial charge is 0.506 e. The predicted molar refractivity (Wildman–Crippen MR) is 146 cm³/mol. The highest BCUT2D eigenvalue weighted by Crippen LogP contribution is 2.52. The summed E-state index contributed by atoms with van der Waals surface area (Å²) in [6.45, 7) is 1.06. The smallest absolute Gasteiger partial charge is 0.257 e. The average Bonchev–Trinajstić information content (AvgIpc) is 2.90. The van der Waals surface area contributed by atoms with E-state index in [1.165, 1.54) is 0 Å². The van der Waals surface area contributed by atoms with E-state index in [9.17, 15) is 39.3 Å². The van der Waals surface area contributed by atoms with Crippen molar-refractivity contribution in [2.24, 2.45) is 29.4 Å². The van der Waals surface area contributed by atoms with Gasteiger partial charge in [0.25, 0.3) is 5.91 Å². The van der Waals surface area contributed by atoms with E-state index in [1.807, 2.05) is 0 Å². The molecule has 3 fully saturated rings. The van der Waals surface area contributed by atoms with Crippen LogP contribution in [0.4, 0.5) is 5.69 Å². The van der Waals surface area contributed by atoms with Crippen LogP contribution in [-0.2, 0) is 20.8 Å². The average molecular weight is 571 g/mol. The van der Waals surface area contributed by atoms with Crippen LogP contribution in [-0.4, -0.2) is 113 Å². The molecule has 2 amide bonds. The number of fused-ring (bicyclic) bond motifs is 3. The molecule has 12 nitrogen and oxygen atoms in total. The minimum Gasteiger partial charge on any atom is -0.506 e. The molecule has 3 unspecified atom stereocenters. The van der Waals surface area contributed by atoms with Gasteiger partial charge in [0.1, 0.15) is 11.7 Å². The predicted octanol–water partition coefficient (Wildman–Crippen LogP) is -0.649. The summed E-state index contributed by atoms with van der Waals surface area (Å²) < 4.78 is 0. The number of carbonyl (C=O) groups excluding carboxylic acids is 5. The number of likely N-dealkylation sites (N-methyl/N-ethyl adjacent to an activating group) is 1. The number of piperidine rings is 1. The number of ketones is 3. The lowest BCUT2D eigenvalue weighted by molar-refractivity contribution is -0.190. The van der Waals surface area contributed by atoms with Gasteiger partial charge in [-0.15, -0.1) is 0 Å². The monoisotopic (exact) mass is 570 g/mol. The summed E-state index contributed by atoms with van der Waals surface area (Å²) in [5.41, 5.74) is 3.52. The van der Waals surface area contributed by atoms with Gasteiger partial charge in [-0.25, -0.2) is 0 Å². The van der Waals surface area contributed by atoms with Gasteiger partial charge >= 0.3 is 0 Å². The zero-order valence-electron chi connectivity index (χ0n) is 23.8. The van der Waals surface area contributed by atoms with E-state index in [0.717, 1.165) is 19.3 Å². The Hall–Kier alpha value is -3.35. The molecule has 0 radical (unpaired) electrons. The third kappa shape index (κ3) is 4.18. The Kier molecular flexibility index (Phi) is 7.24. The molecule has 1 heterocycles. The molecule has 41 heavy (non-hydrogen) atoms. The van der Waals surface area contributed by atoms with Crippen molar-refractivity contribution in [3.8, 4) is 5.75 Å². The number of nitrogens with zero attached hydrogens (tertiary/aromatic N) is 3. The van der Waals surface area contributed by atoms with Gasteiger partial charge in [0.2, 0.25) is 5.91 Å². The third-order valence-corrected chi connectivity index (χ3v) is 9.62. The summed E-state index contributed by atoms with van der Waals surface area (Å²) in [7, 11) is 6.71. The minimum absolute atomic E-state index is 0.0251. The number of carbonyl (C=O) groups is 5. The van der Waals surface area contributed by atoms with E-state index in [4.69, 9.17) is 5.73 Å². The maximum Gasteiger partial charge on any atom is 0.257 e. The van der Waals surface area contributed by atoms with Gasteiger partial charge in [-0.05, 0) is 63.7 Å². The number of nitrogens with two attached hydrogens (primary N) is 1. The van der Waals surface area contributed by atoms with Crippen molar-refractivity contribution < 1.29 is 39.3 Å². The van der Waals surface area contributed by atoms with Crippen molar-refractivity contribution in [3.05, 3.63) is 22.8 Å². The van der Waals surface area contributed by atoms with Crippen LogP contribution in [0.3, 0.4) is 0 Å². The molecule has 3 aliphatic carbocycles. The topological polar surface area (TPSA) is 182 Å². The number of benzene rings is 1. The summed E-state index contributed by atoms with van der Waals surface area (Å²) in [6, 6.07) is 0.607. The number of aliphatic hydroxyl groups excluding tert-OH is 1. The fourth-order valence-electron chi connectivity index (χ4n) is 7.70. The van der Waals surface area contributed by atoms with E-state index < -0.39 is 76.3 Å². The zero-order chi connectivity index (χ0) is 30.1. The summed E-state index contributed by atoms with van der Waals surface area (Å²) in [5.74, 6) is -10.2. The Labute approximate surface area is 238 Å². The van der Waals surface area contributed by atoms with Crippen molar-refractivity contribution in [1.29, 1.82) is 0 Å². The molecule has 1 aliphatic heterocycles. The Morgan fingerprint density at radius 3 is 2.24 bits per heavy atom. The number of likely N-dealkylation sites (tertiary alicyclic amines) is 1. The van der Waals surface area contributed by atoms with Gasteiger partial charge < -0.3 is 35.8 Å². The SMILES string of the molecule is CN(C)c1cc(C(=O)N2CCCCC2)c(O)c2c1C[C@@H]1C[C@@H]3[C@@H](N(C)C)C(O)C(C(N)=O)C(=O)[C@]3(O)C(=O)C1C2=O. The number of aromatic hydroxyl groups is 1. The number of phenols is 1. The lowest BCUT2D eigenvalue weighted by Gasteiger charge is -2.55. The molecule has 2 saturated carbocycles. The molecule has 1 saturated heterocycles. The Bertz CT molecular complexity index is 1340. The van der Waals surface area contributed by atoms with Crippen LogP contribution in [0.1, 0.15) is 52.0 Å². The fourth-order valence-corrected chi connectivity index (χ4v) is 7.70. The number of aliphatic hydroxyl groups is 2. The first-order valence-corrected chi connectivity index (χ1v) is 14.1. The van der Waals surface area contributed by atoms with Gasteiger partial charge in [-0.3, -0.25) is 24.0 Å². The van der Waals surface area contributed by atoms with Gasteiger partial charge in [-0.1, -0.05) is 0 Å². The number of anilines is 1. The summed E-state index contributed by atoms with van der Waals surface area (Å²) in [6.07, 6.45) is 1.29. The molecule has 222 valence electrons. The van der Waals surface area contributed by atoms with Crippen molar-refractivity contribution in [2.45, 2.75) is 49.9 Å². The molecule has 12 heteroatoms. The number of hydrogen-bond acceptors (Lipinski definition) is 10. The van der Waals surface area contributed by atoms with Gasteiger partial charge in [0, 0.05) is 44.8 Å². The fraction of sp³-hybridized carbons (Fsp3) is 0.621. The van der Waals surface area contributed by atoms with Crippen LogP contribution in [0, 0.1) is 23.7 Å². The molecular weight excluding hydrogens is 532 g/mol. The second kappa shape index (κ2) is 10.2. The highest BCUT2D eigenvalue weighted by Gasteiger charge is 2.69. The Morgan fingerprint density at radius 1 is 1.05 bits per heavy atom. The van der Waals surface area contributed by atoms with Gasteiger partial charge in [0.05, 0.1) is 23.1 Å². The van der Waals surface area contributed by atoms with Crippen LogP contribution in [0.5, 0.6) is 5.75 Å². The maximum atomic E-state index is 14.1. The molecule has 0 spiro atoms. The third-order valence-electron chi connectivity index (χ3n) is 9.62. The molecule has 5 N–H and O–H groups in total. The van der Waals surface area contributed by atoms with Crippen LogP contribution < -0.4 is 10.6 Å². The van der Waals surface area contributed by atoms with E-state index >= 15 is 0 Å². The molecule has 4 aliphatic rings. The second-order valence-electron chi connectivity index (χ2n) is 12.4. The lowest BCUT2D eigenvalue weighted by atomic mass is 9.52. The molecule has 7 atom stereocenters. The maximum absolute atomic E-state index is 14.1. The summed E-state index contributed by atoms with van der Waals surface area (Å²) in [4.78, 5) is 72.3. The van der Waals surface area contributed by atoms with E-state index in [0.29, 0.717) is 24.3 Å². The van der Waals surface area contributed by atoms with Gasteiger partial charge in [-0.2, -0.15) is 0 Å². The highest BCUT2D eigenvalue weighted by atomic mass is 16.3. The quantitative estimate of drug-likeness (QED) is 0.340. The lowest BCUT2D eigenvalue weighted by Crippen LogP contribution is -2.75. The normalized spacial score (nSPS) is 33.2. The molecule has 0 bridgehead atoms. The van der Waals surface area contributed by atoms with Crippen molar-refractivity contribution in [2.75, 3.05) is 46.2 Å². The molecule has 5 rings (SSSR count). The number of phenolic OH excluding ortho intramolecular Hbond substituents is 1. The first-order valence-electron chi connectivity index (χ1n) is 14.1. The molecule has 0 aromatic heterocycles. The van der Waals surface area contributed by atoms with Crippen LogP contribution in [0.25, 0.3) is 0 Å². The Balaban J connectivity index is 1.64. The summed E-state index contributed by atoms with van der Waals surface area (Å²) in [5, 5.41) is 34.2. The van der Waals surface area contributed by atoms with Crippen LogP contribution in [0.15, 0.2) is 6.07 Å². The molecular formula is C29H38N4O8. The number of amides is 2. The first kappa shape index (κ1) is 29.2. The Morgan fingerprint density at radius 2 is 1.68 bits per heavy atom. The number of hydrogen-bond donors (Lipinski definition) is 4. The second-order valence-corrected chi connectivity index (χ2v) is 12.4. The number of Topliss-reactive ketones (excluding diaryl/α,β-unsaturated/α-hetero) is 3. The number of primary amides is 1. The van der Waals surface area contributed by atoms with E-state index in [1.54, 1.807) is 49.0 Å². The van der Waals surface area contributed by atoms with Gasteiger partial charge in [0.15, 0.2) is 23.0 Å². The van der Waals surface area contributed by atoms with Crippen molar-refractivity contribution in [3.63, 3.8) is 0 Å². The zero-order valence-corrected chi connectivity index (χ0v) is 23.8. The van der Waals surface area contributed by atoms with Crippen LogP contribution >= 0.6 is 0 Å². The first-order chi connectivity index (χ1) is 19.2. The van der Waals surface area contributed by atoms with Crippen molar-refractivity contribution >= 4 is 34.9 Å². The van der Waals surface area contributed by atoms with Crippen LogP contribution in [0.2, 0.25) is 0 Å². The molecule has 1 aromatic rings. The van der Waals surface area contributed by atoms with E-state index in [-0.39, 0.29) is 24.0 Å². The van der Waals surface area contributed by atoms with Crippen molar-refractivity contribution in [1.82, 2.24) is 9.80 Å². The minimum atomic E-state index is -2.73.